The van der Waals surface area contributed by atoms with Gasteiger partial charge in [0, 0.05) is 22.7 Å². The Hall–Kier alpha value is -3.31. The van der Waals surface area contributed by atoms with Crippen molar-refractivity contribution in [3.8, 4) is 5.75 Å². The van der Waals surface area contributed by atoms with Gasteiger partial charge in [-0.25, -0.2) is 4.98 Å². The topological polar surface area (TPSA) is 64.4 Å². The number of nitrogens with one attached hydrogen (secondary N) is 1. The minimum Gasteiger partial charge on any atom is -0.494 e. The summed E-state index contributed by atoms with van der Waals surface area (Å²) in [5.41, 5.74) is 3.75. The summed E-state index contributed by atoms with van der Waals surface area (Å²) in [6, 6.07) is 20.2. The molecule has 0 aliphatic rings. The predicted octanol–water partition coefficient (Wildman–Crippen LogP) is 6.11. The van der Waals surface area contributed by atoms with E-state index in [9.17, 15) is 4.79 Å². The lowest BCUT2D eigenvalue weighted by atomic mass is 10.1. The second kappa shape index (κ2) is 9.01. The van der Waals surface area contributed by atoms with Crippen LogP contribution in [0.2, 0.25) is 5.02 Å². The molecule has 1 amide bonds. The molecule has 1 aromatic heterocycles. The Morgan fingerprint density at radius 1 is 1.10 bits per heavy atom. The zero-order valence-corrected chi connectivity index (χ0v) is 17.3. The van der Waals surface area contributed by atoms with Crippen molar-refractivity contribution < 1.29 is 13.9 Å². The van der Waals surface area contributed by atoms with Crippen LogP contribution in [0.15, 0.2) is 71.1 Å². The Labute approximate surface area is 179 Å². The smallest absolute Gasteiger partial charge is 0.255 e. The minimum atomic E-state index is -0.180. The summed E-state index contributed by atoms with van der Waals surface area (Å²) in [6.45, 7) is 2.67. The van der Waals surface area contributed by atoms with Gasteiger partial charge in [-0.05, 0) is 60.5 Å². The van der Waals surface area contributed by atoms with Crippen molar-refractivity contribution in [2.75, 3.05) is 11.9 Å². The van der Waals surface area contributed by atoms with Crippen LogP contribution >= 0.6 is 11.6 Å². The molecular weight excluding hydrogens is 400 g/mol. The van der Waals surface area contributed by atoms with Gasteiger partial charge in [0.05, 0.1) is 6.61 Å². The number of carbonyl (C=O) groups is 1. The van der Waals surface area contributed by atoms with Crippen molar-refractivity contribution in [2.24, 2.45) is 0 Å². The number of anilines is 1. The number of halogens is 1. The molecule has 0 spiro atoms. The van der Waals surface area contributed by atoms with Gasteiger partial charge in [-0.15, -0.1) is 0 Å². The van der Waals surface area contributed by atoms with Gasteiger partial charge in [-0.2, -0.15) is 0 Å². The standard InChI is InChI=1S/C24H21ClN2O3/c1-2-12-29-20-5-3-4-17(14-20)24(28)26-19-9-6-16(7-10-19)13-23-27-21-15-18(25)8-11-22(21)30-23/h3-11,14-15H,2,12-13H2,1H3,(H,26,28). The highest BCUT2D eigenvalue weighted by molar-refractivity contribution is 6.31. The Kier molecular flexibility index (Phi) is 6.00. The first kappa shape index (κ1) is 20.0. The molecule has 30 heavy (non-hydrogen) atoms. The molecule has 0 saturated carbocycles. The third-order valence-corrected chi connectivity index (χ3v) is 4.77. The molecule has 0 unspecified atom stereocenters. The molecule has 0 aliphatic carbocycles. The van der Waals surface area contributed by atoms with E-state index in [1.807, 2.05) is 49.4 Å². The Balaban J connectivity index is 1.41. The molecular formula is C24H21ClN2O3. The van der Waals surface area contributed by atoms with E-state index in [0.29, 0.717) is 46.5 Å². The summed E-state index contributed by atoms with van der Waals surface area (Å²) in [5, 5.41) is 3.54. The number of amides is 1. The Morgan fingerprint density at radius 2 is 1.93 bits per heavy atom. The van der Waals surface area contributed by atoms with E-state index < -0.39 is 0 Å². The van der Waals surface area contributed by atoms with Crippen LogP contribution in [0.5, 0.6) is 5.75 Å². The lowest BCUT2D eigenvalue weighted by Gasteiger charge is -2.08. The predicted molar refractivity (Wildman–Crippen MR) is 118 cm³/mol. The van der Waals surface area contributed by atoms with Gasteiger partial charge in [0.1, 0.15) is 11.3 Å². The molecule has 0 bridgehead atoms. The highest BCUT2D eigenvalue weighted by atomic mass is 35.5. The van der Waals surface area contributed by atoms with Crippen LogP contribution in [0, 0.1) is 0 Å². The molecule has 1 N–H and O–H groups in total. The van der Waals surface area contributed by atoms with E-state index in [0.717, 1.165) is 17.5 Å². The zero-order chi connectivity index (χ0) is 20.9. The number of nitrogens with zero attached hydrogens (tertiary/aromatic N) is 1. The summed E-state index contributed by atoms with van der Waals surface area (Å²) in [4.78, 5) is 17.0. The molecule has 0 saturated heterocycles. The summed E-state index contributed by atoms with van der Waals surface area (Å²) < 4.78 is 11.4. The molecule has 0 radical (unpaired) electrons. The van der Waals surface area contributed by atoms with E-state index in [-0.39, 0.29) is 5.91 Å². The fraction of sp³-hybridized carbons (Fsp3) is 0.167. The average molecular weight is 421 g/mol. The van der Waals surface area contributed by atoms with Crippen LogP contribution in [-0.2, 0) is 6.42 Å². The summed E-state index contributed by atoms with van der Waals surface area (Å²) >= 11 is 6.00. The maximum atomic E-state index is 12.5. The number of carbonyl (C=O) groups excluding carboxylic acids is 1. The third-order valence-electron chi connectivity index (χ3n) is 4.53. The van der Waals surface area contributed by atoms with Crippen LogP contribution in [0.25, 0.3) is 11.1 Å². The highest BCUT2D eigenvalue weighted by Crippen LogP contribution is 2.22. The number of oxazole rings is 1. The number of hydrogen-bond donors (Lipinski definition) is 1. The second-order valence-corrected chi connectivity index (χ2v) is 7.36. The normalized spacial score (nSPS) is 10.9. The number of benzene rings is 3. The van der Waals surface area contributed by atoms with Crippen LogP contribution in [0.4, 0.5) is 5.69 Å². The van der Waals surface area contributed by atoms with Crippen molar-refractivity contribution in [3.05, 3.63) is 88.8 Å². The molecule has 1 heterocycles. The molecule has 0 atom stereocenters. The molecule has 152 valence electrons. The molecule has 0 fully saturated rings. The van der Waals surface area contributed by atoms with E-state index >= 15 is 0 Å². The summed E-state index contributed by atoms with van der Waals surface area (Å²) in [6.07, 6.45) is 1.47. The maximum absolute atomic E-state index is 12.5. The largest absolute Gasteiger partial charge is 0.494 e. The maximum Gasteiger partial charge on any atom is 0.255 e. The number of ether oxygens (including phenoxy) is 1. The van der Waals surface area contributed by atoms with Gasteiger partial charge < -0.3 is 14.5 Å². The molecule has 6 heteroatoms. The van der Waals surface area contributed by atoms with Gasteiger partial charge >= 0.3 is 0 Å². The van der Waals surface area contributed by atoms with Gasteiger partial charge in [-0.1, -0.05) is 36.7 Å². The highest BCUT2D eigenvalue weighted by Gasteiger charge is 2.09. The van der Waals surface area contributed by atoms with Crippen LogP contribution in [0.3, 0.4) is 0 Å². The van der Waals surface area contributed by atoms with Crippen molar-refractivity contribution in [1.29, 1.82) is 0 Å². The van der Waals surface area contributed by atoms with Gasteiger partial charge in [0.25, 0.3) is 5.91 Å². The lowest BCUT2D eigenvalue weighted by molar-refractivity contribution is 0.102. The fourth-order valence-corrected chi connectivity index (χ4v) is 3.22. The van der Waals surface area contributed by atoms with Gasteiger partial charge in [-0.3, -0.25) is 4.79 Å². The number of aromatic nitrogens is 1. The van der Waals surface area contributed by atoms with E-state index in [2.05, 4.69) is 10.3 Å². The SMILES string of the molecule is CCCOc1cccc(C(=O)Nc2ccc(Cc3nc4cc(Cl)ccc4o3)cc2)c1. The van der Waals surface area contributed by atoms with Crippen molar-refractivity contribution in [3.63, 3.8) is 0 Å². The number of rotatable bonds is 7. The second-order valence-electron chi connectivity index (χ2n) is 6.92. The van der Waals surface area contributed by atoms with Crippen molar-refractivity contribution in [2.45, 2.75) is 19.8 Å². The zero-order valence-electron chi connectivity index (χ0n) is 16.5. The van der Waals surface area contributed by atoms with Crippen LogP contribution in [-0.4, -0.2) is 17.5 Å². The van der Waals surface area contributed by atoms with Crippen LogP contribution in [0.1, 0.15) is 35.2 Å². The third kappa shape index (κ3) is 4.81. The average Bonchev–Trinajstić information content (AvgIpc) is 3.15. The number of fused-ring (bicyclic) bond motifs is 1. The van der Waals surface area contributed by atoms with Gasteiger partial charge in [0.2, 0.25) is 0 Å². The van der Waals surface area contributed by atoms with Crippen molar-refractivity contribution >= 4 is 34.3 Å². The van der Waals surface area contributed by atoms with Crippen molar-refractivity contribution in [1.82, 2.24) is 4.98 Å². The Bertz CT molecular complexity index is 1170. The number of hydrogen-bond acceptors (Lipinski definition) is 4. The fourth-order valence-electron chi connectivity index (χ4n) is 3.05. The van der Waals surface area contributed by atoms with E-state index in [4.69, 9.17) is 20.8 Å². The Morgan fingerprint density at radius 3 is 2.73 bits per heavy atom. The molecule has 4 aromatic rings. The van der Waals surface area contributed by atoms with E-state index in [1.54, 1.807) is 24.3 Å². The summed E-state index contributed by atoms with van der Waals surface area (Å²) in [7, 11) is 0. The first-order valence-corrected chi connectivity index (χ1v) is 10.2. The monoisotopic (exact) mass is 420 g/mol. The quantitative estimate of drug-likeness (QED) is 0.391. The van der Waals surface area contributed by atoms with E-state index in [1.165, 1.54) is 0 Å². The molecule has 3 aromatic carbocycles. The first-order valence-electron chi connectivity index (χ1n) is 9.79. The minimum absolute atomic E-state index is 0.180. The van der Waals surface area contributed by atoms with Crippen LogP contribution < -0.4 is 10.1 Å². The van der Waals surface area contributed by atoms with Gasteiger partial charge in [0.15, 0.2) is 11.5 Å². The molecule has 4 rings (SSSR count). The molecule has 0 aliphatic heterocycles. The summed E-state index contributed by atoms with van der Waals surface area (Å²) in [5.74, 6) is 1.13. The lowest BCUT2D eigenvalue weighted by Crippen LogP contribution is -2.12. The molecule has 5 nitrogen and oxygen atoms in total. The first-order chi connectivity index (χ1) is 14.6.